The van der Waals surface area contributed by atoms with Gasteiger partial charge in [0.25, 0.3) is 0 Å². The molecule has 0 aliphatic heterocycles. The number of rotatable bonds is 5. The monoisotopic (exact) mass is 385 g/mol. The van der Waals surface area contributed by atoms with E-state index in [1.165, 1.54) is 0 Å². The number of nitrogens with one attached hydrogen (secondary N) is 3. The van der Waals surface area contributed by atoms with Crippen molar-refractivity contribution in [2.45, 2.75) is 20.3 Å². The minimum absolute atomic E-state index is 0.0675. The van der Waals surface area contributed by atoms with Crippen LogP contribution in [0.15, 0.2) is 51.7 Å². The molecule has 27 heavy (non-hydrogen) atoms. The third kappa shape index (κ3) is 4.23. The molecular formula is C20H20ClN3O3. The molecule has 2 aromatic carbocycles. The Morgan fingerprint density at radius 3 is 2.63 bits per heavy atom. The third-order valence-corrected chi connectivity index (χ3v) is 4.44. The van der Waals surface area contributed by atoms with Crippen molar-refractivity contribution in [1.29, 1.82) is 0 Å². The smallest absolute Gasteiger partial charge is 0.362 e. The molecule has 0 unspecified atom stereocenters. The molecule has 1 aromatic heterocycles. The zero-order valence-corrected chi connectivity index (χ0v) is 15.8. The fraction of sp³-hybridized carbons (Fsp3) is 0.200. The summed E-state index contributed by atoms with van der Waals surface area (Å²) in [5, 5.41) is 9.75. The number of anilines is 3. The van der Waals surface area contributed by atoms with Crippen molar-refractivity contribution >= 4 is 45.7 Å². The normalized spacial score (nSPS) is 10.6. The van der Waals surface area contributed by atoms with Gasteiger partial charge >= 0.3 is 11.7 Å². The highest BCUT2D eigenvalue weighted by atomic mass is 35.5. The summed E-state index contributed by atoms with van der Waals surface area (Å²) in [6.07, 6.45) is 0.863. The highest BCUT2D eigenvalue weighted by Gasteiger charge is 2.17. The zero-order valence-electron chi connectivity index (χ0n) is 15.1. The fourth-order valence-corrected chi connectivity index (χ4v) is 2.82. The lowest BCUT2D eigenvalue weighted by Crippen LogP contribution is -2.24. The standard InChI is InChI=1S/C20H20ClN3O3/c1-3-10-22-17-14-6-4-5-7-16(14)27-19(25)18(17)24-20(26)23-13-9-8-12(2)15(21)11-13/h4-9,11,22H,3,10H2,1-2H3,(H2,23,24,26). The molecule has 2 amide bonds. The minimum atomic E-state index is -0.621. The van der Waals surface area contributed by atoms with E-state index in [0.717, 1.165) is 17.4 Å². The molecule has 0 atom stereocenters. The molecule has 0 radical (unpaired) electrons. The molecule has 7 heteroatoms. The van der Waals surface area contributed by atoms with Crippen LogP contribution in [0.4, 0.5) is 21.9 Å². The molecule has 1 heterocycles. The number of hydrogen-bond donors (Lipinski definition) is 3. The molecule has 0 saturated heterocycles. The first-order chi connectivity index (χ1) is 13.0. The van der Waals surface area contributed by atoms with Gasteiger partial charge in [-0.15, -0.1) is 0 Å². The van der Waals surface area contributed by atoms with E-state index in [4.69, 9.17) is 16.0 Å². The van der Waals surface area contributed by atoms with Crippen molar-refractivity contribution in [3.8, 4) is 0 Å². The zero-order chi connectivity index (χ0) is 19.4. The first-order valence-electron chi connectivity index (χ1n) is 8.63. The number of para-hydroxylation sites is 1. The minimum Gasteiger partial charge on any atom is -0.421 e. The van der Waals surface area contributed by atoms with Gasteiger partial charge in [0.15, 0.2) is 5.69 Å². The molecule has 0 aliphatic carbocycles. The van der Waals surface area contributed by atoms with Crippen LogP contribution >= 0.6 is 11.6 Å². The number of urea groups is 1. The van der Waals surface area contributed by atoms with E-state index >= 15 is 0 Å². The van der Waals surface area contributed by atoms with Gasteiger partial charge in [-0.1, -0.05) is 36.7 Å². The maximum Gasteiger partial charge on any atom is 0.362 e. The van der Waals surface area contributed by atoms with E-state index in [1.54, 1.807) is 30.3 Å². The van der Waals surface area contributed by atoms with E-state index in [2.05, 4.69) is 16.0 Å². The molecule has 3 N–H and O–H groups in total. The molecule has 0 aliphatic rings. The number of aryl methyl sites for hydroxylation is 1. The molecule has 0 spiro atoms. The van der Waals surface area contributed by atoms with Gasteiger partial charge in [0.05, 0.1) is 5.69 Å². The SMILES string of the molecule is CCCNc1c(NC(=O)Nc2ccc(C)c(Cl)c2)c(=O)oc2ccccc12. The Hall–Kier alpha value is -2.99. The van der Waals surface area contributed by atoms with Crippen LogP contribution in [0.3, 0.4) is 0 Å². The van der Waals surface area contributed by atoms with Gasteiger partial charge in [-0.25, -0.2) is 9.59 Å². The summed E-state index contributed by atoms with van der Waals surface area (Å²) in [5.41, 5.74) is 1.88. The number of halogens is 1. The summed E-state index contributed by atoms with van der Waals surface area (Å²) in [6, 6.07) is 11.8. The Bertz CT molecular complexity index is 1050. The first-order valence-corrected chi connectivity index (χ1v) is 9.01. The van der Waals surface area contributed by atoms with E-state index < -0.39 is 11.7 Å². The topological polar surface area (TPSA) is 83.4 Å². The quantitative estimate of drug-likeness (QED) is 0.526. The van der Waals surface area contributed by atoms with Crippen LogP contribution in [0.5, 0.6) is 0 Å². The summed E-state index contributed by atoms with van der Waals surface area (Å²) >= 11 is 6.08. The molecule has 0 saturated carbocycles. The van der Waals surface area contributed by atoms with Crippen molar-refractivity contribution in [2.75, 3.05) is 22.5 Å². The third-order valence-electron chi connectivity index (χ3n) is 4.03. The summed E-state index contributed by atoms with van der Waals surface area (Å²) in [4.78, 5) is 24.9. The Labute approximate surface area is 161 Å². The van der Waals surface area contributed by atoms with Gasteiger partial charge in [0, 0.05) is 22.6 Å². The Kier molecular flexibility index (Phi) is 5.66. The van der Waals surface area contributed by atoms with Crippen molar-refractivity contribution < 1.29 is 9.21 Å². The number of fused-ring (bicyclic) bond motifs is 1. The molecule has 0 bridgehead atoms. The maximum absolute atomic E-state index is 12.4. The highest BCUT2D eigenvalue weighted by molar-refractivity contribution is 6.31. The Morgan fingerprint density at radius 2 is 1.89 bits per heavy atom. The van der Waals surface area contributed by atoms with Gasteiger partial charge in [-0.2, -0.15) is 0 Å². The predicted octanol–water partition coefficient (Wildman–Crippen LogP) is 5.22. The predicted molar refractivity (Wildman–Crippen MR) is 110 cm³/mol. The van der Waals surface area contributed by atoms with Gasteiger partial charge < -0.3 is 15.1 Å². The van der Waals surface area contributed by atoms with Crippen LogP contribution in [0.2, 0.25) is 5.02 Å². The largest absolute Gasteiger partial charge is 0.421 e. The van der Waals surface area contributed by atoms with Gasteiger partial charge in [0.2, 0.25) is 0 Å². The van der Waals surface area contributed by atoms with Crippen LogP contribution in [0.1, 0.15) is 18.9 Å². The van der Waals surface area contributed by atoms with E-state index in [9.17, 15) is 9.59 Å². The van der Waals surface area contributed by atoms with Crippen LogP contribution < -0.4 is 21.6 Å². The van der Waals surface area contributed by atoms with Gasteiger partial charge in [0.1, 0.15) is 5.58 Å². The van der Waals surface area contributed by atoms with Crippen molar-refractivity contribution in [1.82, 2.24) is 0 Å². The van der Waals surface area contributed by atoms with Gasteiger partial charge in [-0.05, 0) is 43.2 Å². The molecule has 6 nitrogen and oxygen atoms in total. The number of amides is 2. The number of benzene rings is 2. The lowest BCUT2D eigenvalue weighted by Gasteiger charge is -2.14. The second-order valence-corrected chi connectivity index (χ2v) is 6.51. The van der Waals surface area contributed by atoms with Crippen molar-refractivity contribution in [2.24, 2.45) is 0 Å². The first kappa shape index (κ1) is 18.8. The fourth-order valence-electron chi connectivity index (χ4n) is 2.64. The summed E-state index contributed by atoms with van der Waals surface area (Å²) in [7, 11) is 0. The van der Waals surface area contributed by atoms with Crippen LogP contribution in [0.25, 0.3) is 11.0 Å². The Morgan fingerprint density at radius 1 is 1.11 bits per heavy atom. The summed E-state index contributed by atoms with van der Waals surface area (Å²) in [6.45, 7) is 4.54. The lowest BCUT2D eigenvalue weighted by molar-refractivity contribution is 0.262. The van der Waals surface area contributed by atoms with E-state index in [0.29, 0.717) is 28.5 Å². The highest BCUT2D eigenvalue weighted by Crippen LogP contribution is 2.29. The van der Waals surface area contributed by atoms with Crippen LogP contribution in [0, 0.1) is 6.92 Å². The number of carbonyl (C=O) groups excluding carboxylic acids is 1. The van der Waals surface area contributed by atoms with Crippen molar-refractivity contribution in [3.05, 3.63) is 63.5 Å². The van der Waals surface area contributed by atoms with E-state index in [1.807, 2.05) is 26.0 Å². The molecule has 3 aromatic rings. The molecule has 0 fully saturated rings. The van der Waals surface area contributed by atoms with Crippen molar-refractivity contribution in [3.63, 3.8) is 0 Å². The second-order valence-electron chi connectivity index (χ2n) is 6.11. The molecule has 140 valence electrons. The maximum atomic E-state index is 12.4. The average Bonchev–Trinajstić information content (AvgIpc) is 2.64. The number of carbonyl (C=O) groups is 1. The van der Waals surface area contributed by atoms with E-state index in [-0.39, 0.29) is 5.69 Å². The average molecular weight is 386 g/mol. The Balaban J connectivity index is 1.92. The lowest BCUT2D eigenvalue weighted by atomic mass is 10.2. The second kappa shape index (κ2) is 8.14. The van der Waals surface area contributed by atoms with Crippen LogP contribution in [-0.2, 0) is 0 Å². The van der Waals surface area contributed by atoms with Crippen LogP contribution in [-0.4, -0.2) is 12.6 Å². The summed E-state index contributed by atoms with van der Waals surface area (Å²) < 4.78 is 5.34. The molecular weight excluding hydrogens is 366 g/mol. The summed E-state index contributed by atoms with van der Waals surface area (Å²) in [5.74, 6) is 0. The van der Waals surface area contributed by atoms with Gasteiger partial charge in [-0.3, -0.25) is 5.32 Å². The molecule has 3 rings (SSSR count). The number of hydrogen-bond acceptors (Lipinski definition) is 4.